The highest BCUT2D eigenvalue weighted by molar-refractivity contribution is 7.92. The van der Waals surface area contributed by atoms with Crippen LogP contribution >= 0.6 is 0 Å². The summed E-state index contributed by atoms with van der Waals surface area (Å²) in [6.45, 7) is 0. The van der Waals surface area contributed by atoms with E-state index in [1.54, 1.807) is 24.3 Å². The highest BCUT2D eigenvalue weighted by Crippen LogP contribution is 2.20. The molecule has 0 fully saturated rings. The van der Waals surface area contributed by atoms with Gasteiger partial charge in [-0.3, -0.25) is 25.2 Å². The molecule has 0 saturated heterocycles. The smallest absolute Gasteiger partial charge is 0.269 e. The molecule has 0 aliphatic heterocycles. The van der Waals surface area contributed by atoms with Gasteiger partial charge in [0.05, 0.1) is 12.0 Å². The lowest BCUT2D eigenvalue weighted by molar-refractivity contribution is -0.117. The van der Waals surface area contributed by atoms with Crippen LogP contribution in [0.25, 0.3) is 6.08 Å². The van der Waals surface area contributed by atoms with Crippen LogP contribution in [0.2, 0.25) is 0 Å². The van der Waals surface area contributed by atoms with Gasteiger partial charge in [0.25, 0.3) is 21.8 Å². The van der Waals surface area contributed by atoms with Crippen molar-refractivity contribution in [2.45, 2.75) is 4.90 Å². The van der Waals surface area contributed by atoms with E-state index in [4.69, 9.17) is 4.74 Å². The number of hydrogen-bond acceptors (Lipinski definition) is 5. The van der Waals surface area contributed by atoms with E-state index in [9.17, 15) is 22.4 Å². The number of hydrogen-bond donors (Lipinski definition) is 3. The van der Waals surface area contributed by atoms with Gasteiger partial charge in [-0.05, 0) is 66.2 Å². The number of carbonyl (C=O) groups excluding carboxylic acids is 2. The van der Waals surface area contributed by atoms with Crippen molar-refractivity contribution >= 4 is 33.6 Å². The first kappa shape index (κ1) is 23.5. The van der Waals surface area contributed by atoms with E-state index < -0.39 is 27.7 Å². The number of sulfonamides is 1. The molecular formula is C23H20FN3O5S. The molecule has 8 nitrogen and oxygen atoms in total. The van der Waals surface area contributed by atoms with Crippen molar-refractivity contribution in [2.75, 3.05) is 11.8 Å². The summed E-state index contributed by atoms with van der Waals surface area (Å²) in [4.78, 5) is 24.1. The molecule has 0 spiro atoms. The summed E-state index contributed by atoms with van der Waals surface area (Å²) in [5.41, 5.74) is 5.35. The summed E-state index contributed by atoms with van der Waals surface area (Å²) >= 11 is 0. The van der Waals surface area contributed by atoms with Crippen LogP contribution in [0.5, 0.6) is 5.75 Å². The van der Waals surface area contributed by atoms with Crippen LogP contribution in [-0.4, -0.2) is 27.3 Å². The van der Waals surface area contributed by atoms with Crippen LogP contribution in [0.3, 0.4) is 0 Å². The van der Waals surface area contributed by atoms with Crippen LogP contribution in [-0.2, 0) is 14.8 Å². The minimum atomic E-state index is -3.96. The van der Waals surface area contributed by atoms with Gasteiger partial charge in [-0.25, -0.2) is 12.8 Å². The standard InChI is InChI=1S/C23H20FN3O5S/c1-32-20-12-10-19(11-13-20)27-33(30,31)21-4-2-3-17(15-21)23(29)26-25-22(28)14-7-16-5-8-18(24)9-6-16/h2-15,27H,1H3,(H,25,28)(H,26,29)/b14-7+. The second kappa shape index (κ2) is 10.4. The van der Waals surface area contributed by atoms with E-state index in [1.807, 2.05) is 0 Å². The van der Waals surface area contributed by atoms with Gasteiger partial charge in [-0.2, -0.15) is 0 Å². The predicted molar refractivity (Wildman–Crippen MR) is 121 cm³/mol. The molecule has 0 bridgehead atoms. The Balaban J connectivity index is 1.62. The number of ether oxygens (including phenoxy) is 1. The van der Waals surface area contributed by atoms with Crippen LogP contribution in [0.15, 0.2) is 83.8 Å². The molecule has 0 atom stereocenters. The van der Waals surface area contributed by atoms with Crippen molar-refractivity contribution in [1.82, 2.24) is 10.9 Å². The van der Waals surface area contributed by atoms with Gasteiger partial charge >= 0.3 is 0 Å². The van der Waals surface area contributed by atoms with Crippen LogP contribution in [0, 0.1) is 5.82 Å². The van der Waals surface area contributed by atoms with E-state index >= 15 is 0 Å². The largest absolute Gasteiger partial charge is 0.497 e. The summed E-state index contributed by atoms with van der Waals surface area (Å²) in [6.07, 6.45) is 2.60. The van der Waals surface area contributed by atoms with Crippen LogP contribution < -0.4 is 20.3 Å². The maximum atomic E-state index is 12.9. The summed E-state index contributed by atoms with van der Waals surface area (Å²) in [5, 5.41) is 0. The molecule has 2 amide bonds. The molecule has 0 aromatic heterocycles. The second-order valence-electron chi connectivity index (χ2n) is 6.69. The number of amides is 2. The molecule has 3 aromatic carbocycles. The molecule has 3 N–H and O–H groups in total. The topological polar surface area (TPSA) is 114 Å². The fraction of sp³-hybridized carbons (Fsp3) is 0.0435. The highest BCUT2D eigenvalue weighted by atomic mass is 32.2. The first-order valence-corrected chi connectivity index (χ1v) is 11.1. The average molecular weight is 469 g/mol. The fourth-order valence-electron chi connectivity index (χ4n) is 2.66. The monoisotopic (exact) mass is 469 g/mol. The van der Waals surface area contributed by atoms with Gasteiger partial charge in [-0.15, -0.1) is 0 Å². The molecule has 170 valence electrons. The third-order valence-electron chi connectivity index (χ3n) is 4.35. The third kappa shape index (κ3) is 6.65. The van der Waals surface area contributed by atoms with E-state index in [-0.39, 0.29) is 10.5 Å². The Morgan fingerprint density at radius 2 is 1.64 bits per heavy atom. The number of methoxy groups -OCH3 is 1. The van der Waals surface area contributed by atoms with Gasteiger partial charge in [-0.1, -0.05) is 18.2 Å². The first-order valence-electron chi connectivity index (χ1n) is 9.58. The lowest BCUT2D eigenvalue weighted by Crippen LogP contribution is -2.40. The Morgan fingerprint density at radius 3 is 2.30 bits per heavy atom. The van der Waals surface area contributed by atoms with Gasteiger partial charge in [0.2, 0.25) is 0 Å². The van der Waals surface area contributed by atoms with Crippen LogP contribution in [0.1, 0.15) is 15.9 Å². The zero-order valence-corrected chi connectivity index (χ0v) is 18.2. The quantitative estimate of drug-likeness (QED) is 0.364. The van der Waals surface area contributed by atoms with Crippen molar-refractivity contribution in [3.05, 3.63) is 95.8 Å². The number of nitrogens with one attached hydrogen (secondary N) is 3. The van der Waals surface area contributed by atoms with Crippen molar-refractivity contribution in [1.29, 1.82) is 0 Å². The molecule has 0 heterocycles. The molecule has 0 saturated carbocycles. The maximum Gasteiger partial charge on any atom is 0.269 e. The second-order valence-corrected chi connectivity index (χ2v) is 8.37. The molecule has 0 aliphatic carbocycles. The summed E-state index contributed by atoms with van der Waals surface area (Å²) in [5.74, 6) is -1.16. The van der Waals surface area contributed by atoms with Crippen molar-refractivity contribution in [2.24, 2.45) is 0 Å². The number of benzene rings is 3. The van der Waals surface area contributed by atoms with E-state index in [0.29, 0.717) is 17.0 Å². The molecule has 0 unspecified atom stereocenters. The van der Waals surface area contributed by atoms with Crippen LogP contribution in [0.4, 0.5) is 10.1 Å². The van der Waals surface area contributed by atoms with Crippen molar-refractivity contribution in [3.8, 4) is 5.75 Å². The van der Waals surface area contributed by atoms with E-state index in [1.165, 1.54) is 61.7 Å². The lowest BCUT2D eigenvalue weighted by Gasteiger charge is -2.10. The van der Waals surface area contributed by atoms with Gasteiger partial charge < -0.3 is 4.74 Å². The Labute approximate surface area is 190 Å². The van der Waals surface area contributed by atoms with E-state index in [0.717, 1.165) is 6.08 Å². The van der Waals surface area contributed by atoms with Gasteiger partial charge in [0.15, 0.2) is 0 Å². The van der Waals surface area contributed by atoms with Gasteiger partial charge in [0.1, 0.15) is 11.6 Å². The predicted octanol–water partition coefficient (Wildman–Crippen LogP) is 3.11. The molecular weight excluding hydrogens is 449 g/mol. The SMILES string of the molecule is COc1ccc(NS(=O)(=O)c2cccc(C(=O)NNC(=O)/C=C/c3ccc(F)cc3)c2)cc1. The molecule has 0 radical (unpaired) electrons. The zero-order valence-electron chi connectivity index (χ0n) is 17.4. The molecule has 3 aromatic rings. The summed E-state index contributed by atoms with van der Waals surface area (Å²) in [7, 11) is -2.46. The van der Waals surface area contributed by atoms with E-state index in [2.05, 4.69) is 15.6 Å². The molecule has 10 heteroatoms. The molecule has 0 aliphatic rings. The van der Waals surface area contributed by atoms with Crippen molar-refractivity contribution < 1.29 is 27.1 Å². The number of halogens is 1. The summed E-state index contributed by atoms with van der Waals surface area (Å²) in [6, 6.07) is 17.1. The minimum Gasteiger partial charge on any atom is -0.497 e. The Morgan fingerprint density at radius 1 is 0.939 bits per heavy atom. The highest BCUT2D eigenvalue weighted by Gasteiger charge is 2.17. The zero-order chi connectivity index (χ0) is 23.8. The Kier molecular flexibility index (Phi) is 7.42. The first-order chi connectivity index (χ1) is 15.8. The number of anilines is 1. The number of carbonyl (C=O) groups is 2. The normalized spacial score (nSPS) is 11.1. The minimum absolute atomic E-state index is 0.0235. The maximum absolute atomic E-state index is 12.9. The Hall–Kier alpha value is -4.18. The molecule has 3 rings (SSSR count). The molecule has 33 heavy (non-hydrogen) atoms. The average Bonchev–Trinajstić information content (AvgIpc) is 2.82. The fourth-order valence-corrected chi connectivity index (χ4v) is 3.76. The number of rotatable bonds is 7. The van der Waals surface area contributed by atoms with Gasteiger partial charge in [0, 0.05) is 17.3 Å². The third-order valence-corrected chi connectivity index (χ3v) is 5.72. The Bertz CT molecular complexity index is 1270. The van der Waals surface area contributed by atoms with Crippen molar-refractivity contribution in [3.63, 3.8) is 0 Å². The number of hydrazine groups is 1. The summed E-state index contributed by atoms with van der Waals surface area (Å²) < 4.78 is 45.7. The lowest BCUT2D eigenvalue weighted by atomic mass is 10.2.